The molecule has 0 radical (unpaired) electrons. The molecule has 0 aromatic carbocycles. The van der Waals surface area contributed by atoms with Crippen molar-refractivity contribution < 1.29 is 0 Å². The minimum Gasteiger partial charge on any atom is -0.0654 e. The Morgan fingerprint density at radius 2 is 1.50 bits per heavy atom. The smallest absolute Gasteiger partial charge is 0.0380 e. The SMILES string of the molecule is CCCCCCC(CCC)CC(C)CC(C)(C)C. The standard InChI is InChI=1S/C18H38/c1-7-9-10-11-13-17(12-8-2)14-16(3)15-18(4,5)6/h16-17H,7-15H2,1-6H3. The Labute approximate surface area is 117 Å². The molecule has 18 heavy (non-hydrogen) atoms. The Morgan fingerprint density at radius 3 is 2.00 bits per heavy atom. The van der Waals surface area contributed by atoms with Gasteiger partial charge in [-0.3, -0.25) is 0 Å². The summed E-state index contributed by atoms with van der Waals surface area (Å²) in [5, 5.41) is 0. The second kappa shape index (κ2) is 9.87. The average molecular weight is 255 g/mol. The Kier molecular flexibility index (Phi) is 9.87. The lowest BCUT2D eigenvalue weighted by Crippen LogP contribution is -2.14. The number of rotatable bonds is 10. The van der Waals surface area contributed by atoms with Gasteiger partial charge in [0.05, 0.1) is 0 Å². The molecule has 0 fully saturated rings. The van der Waals surface area contributed by atoms with Gasteiger partial charge >= 0.3 is 0 Å². The third kappa shape index (κ3) is 11.1. The molecule has 0 aliphatic rings. The van der Waals surface area contributed by atoms with E-state index in [0.717, 1.165) is 11.8 Å². The second-order valence-corrected chi connectivity index (χ2v) is 7.61. The molecule has 0 saturated heterocycles. The van der Waals surface area contributed by atoms with Gasteiger partial charge in [-0.15, -0.1) is 0 Å². The van der Waals surface area contributed by atoms with Crippen molar-refractivity contribution in [1.29, 1.82) is 0 Å². The van der Waals surface area contributed by atoms with Crippen LogP contribution in [0, 0.1) is 17.3 Å². The van der Waals surface area contributed by atoms with Crippen LogP contribution in [-0.4, -0.2) is 0 Å². The highest BCUT2D eigenvalue weighted by atomic mass is 14.2. The van der Waals surface area contributed by atoms with Gasteiger partial charge in [0.2, 0.25) is 0 Å². The highest BCUT2D eigenvalue weighted by molar-refractivity contribution is 4.70. The molecular weight excluding hydrogens is 216 g/mol. The van der Waals surface area contributed by atoms with Crippen molar-refractivity contribution >= 4 is 0 Å². The summed E-state index contributed by atoms with van der Waals surface area (Å²) in [6, 6.07) is 0. The summed E-state index contributed by atoms with van der Waals surface area (Å²) in [6.45, 7) is 14.2. The summed E-state index contributed by atoms with van der Waals surface area (Å²) >= 11 is 0. The van der Waals surface area contributed by atoms with Crippen molar-refractivity contribution in [1.82, 2.24) is 0 Å². The fraction of sp³-hybridized carbons (Fsp3) is 1.00. The predicted octanol–water partition coefficient (Wildman–Crippen LogP) is 6.84. The van der Waals surface area contributed by atoms with Crippen LogP contribution >= 0.6 is 0 Å². The number of hydrogen-bond donors (Lipinski definition) is 0. The van der Waals surface area contributed by atoms with Gasteiger partial charge in [-0.05, 0) is 30.1 Å². The molecule has 0 aromatic heterocycles. The van der Waals surface area contributed by atoms with E-state index in [1.165, 1.54) is 57.8 Å². The molecular formula is C18H38. The molecule has 2 unspecified atom stereocenters. The Hall–Kier alpha value is 0. The van der Waals surface area contributed by atoms with Gasteiger partial charge in [0.1, 0.15) is 0 Å². The number of hydrogen-bond acceptors (Lipinski definition) is 0. The highest BCUT2D eigenvalue weighted by Crippen LogP contribution is 2.31. The molecule has 0 aliphatic carbocycles. The van der Waals surface area contributed by atoms with Crippen LogP contribution in [0.1, 0.15) is 99.3 Å². The van der Waals surface area contributed by atoms with Crippen LogP contribution in [0.5, 0.6) is 0 Å². The Bertz CT molecular complexity index is 175. The van der Waals surface area contributed by atoms with E-state index in [9.17, 15) is 0 Å². The molecule has 0 amide bonds. The van der Waals surface area contributed by atoms with Crippen molar-refractivity contribution in [3.05, 3.63) is 0 Å². The maximum absolute atomic E-state index is 2.46. The molecule has 0 saturated carbocycles. The topological polar surface area (TPSA) is 0 Å². The monoisotopic (exact) mass is 254 g/mol. The van der Waals surface area contributed by atoms with Crippen molar-refractivity contribution in [2.45, 2.75) is 99.3 Å². The molecule has 0 heterocycles. The van der Waals surface area contributed by atoms with E-state index < -0.39 is 0 Å². The lowest BCUT2D eigenvalue weighted by molar-refractivity contribution is 0.253. The Balaban J connectivity index is 3.93. The first-order chi connectivity index (χ1) is 8.39. The summed E-state index contributed by atoms with van der Waals surface area (Å²) in [4.78, 5) is 0. The zero-order valence-corrected chi connectivity index (χ0v) is 14.0. The molecule has 0 nitrogen and oxygen atoms in total. The van der Waals surface area contributed by atoms with Crippen LogP contribution in [0.3, 0.4) is 0 Å². The highest BCUT2D eigenvalue weighted by Gasteiger charge is 2.18. The zero-order valence-electron chi connectivity index (χ0n) is 14.0. The normalized spacial score (nSPS) is 15.7. The molecule has 0 bridgehead atoms. The summed E-state index contributed by atoms with van der Waals surface area (Å²) < 4.78 is 0. The van der Waals surface area contributed by atoms with E-state index in [-0.39, 0.29) is 0 Å². The van der Waals surface area contributed by atoms with E-state index in [0.29, 0.717) is 5.41 Å². The van der Waals surface area contributed by atoms with E-state index in [1.807, 2.05) is 0 Å². The molecule has 0 heteroatoms. The summed E-state index contributed by atoms with van der Waals surface area (Å²) in [5.74, 6) is 1.89. The van der Waals surface area contributed by atoms with Crippen molar-refractivity contribution in [2.24, 2.45) is 17.3 Å². The van der Waals surface area contributed by atoms with Crippen LogP contribution < -0.4 is 0 Å². The van der Waals surface area contributed by atoms with E-state index >= 15 is 0 Å². The third-order valence-electron chi connectivity index (χ3n) is 3.86. The van der Waals surface area contributed by atoms with Gasteiger partial charge in [0, 0.05) is 0 Å². The maximum atomic E-state index is 2.46. The first-order valence-electron chi connectivity index (χ1n) is 8.39. The summed E-state index contributed by atoms with van der Waals surface area (Å²) in [6.07, 6.45) is 12.8. The first kappa shape index (κ1) is 18.0. The van der Waals surface area contributed by atoms with Crippen molar-refractivity contribution in [3.63, 3.8) is 0 Å². The third-order valence-corrected chi connectivity index (χ3v) is 3.86. The minimum absolute atomic E-state index is 0.498. The molecule has 0 aliphatic heterocycles. The lowest BCUT2D eigenvalue weighted by atomic mass is 9.79. The van der Waals surface area contributed by atoms with Crippen LogP contribution in [0.25, 0.3) is 0 Å². The van der Waals surface area contributed by atoms with E-state index in [4.69, 9.17) is 0 Å². The summed E-state index contributed by atoms with van der Waals surface area (Å²) in [7, 11) is 0. The fourth-order valence-corrected chi connectivity index (χ4v) is 3.35. The quantitative estimate of drug-likeness (QED) is 0.374. The van der Waals surface area contributed by atoms with Gasteiger partial charge in [-0.2, -0.15) is 0 Å². The zero-order chi connectivity index (χ0) is 14.0. The van der Waals surface area contributed by atoms with Gasteiger partial charge < -0.3 is 0 Å². The molecule has 0 aromatic rings. The van der Waals surface area contributed by atoms with Crippen LogP contribution in [0.2, 0.25) is 0 Å². The van der Waals surface area contributed by atoms with E-state index in [1.54, 1.807) is 0 Å². The molecule has 0 spiro atoms. The van der Waals surface area contributed by atoms with Crippen LogP contribution in [0.4, 0.5) is 0 Å². The largest absolute Gasteiger partial charge is 0.0654 e. The maximum Gasteiger partial charge on any atom is -0.0380 e. The fourth-order valence-electron chi connectivity index (χ4n) is 3.35. The molecule has 110 valence electrons. The van der Waals surface area contributed by atoms with Gasteiger partial charge in [-0.25, -0.2) is 0 Å². The van der Waals surface area contributed by atoms with Gasteiger partial charge in [0.25, 0.3) is 0 Å². The van der Waals surface area contributed by atoms with E-state index in [2.05, 4.69) is 41.5 Å². The first-order valence-corrected chi connectivity index (χ1v) is 8.39. The summed E-state index contributed by atoms with van der Waals surface area (Å²) in [5.41, 5.74) is 0.498. The van der Waals surface area contributed by atoms with Gasteiger partial charge in [-0.1, -0.05) is 86.5 Å². The molecule has 0 rings (SSSR count). The van der Waals surface area contributed by atoms with Crippen molar-refractivity contribution in [3.8, 4) is 0 Å². The molecule has 0 N–H and O–H groups in total. The minimum atomic E-state index is 0.498. The van der Waals surface area contributed by atoms with Gasteiger partial charge in [0.15, 0.2) is 0 Å². The average Bonchev–Trinajstić information content (AvgIpc) is 2.21. The Morgan fingerprint density at radius 1 is 0.833 bits per heavy atom. The van der Waals surface area contributed by atoms with Crippen molar-refractivity contribution in [2.75, 3.05) is 0 Å². The lowest BCUT2D eigenvalue weighted by Gasteiger charge is -2.26. The second-order valence-electron chi connectivity index (χ2n) is 7.61. The predicted molar refractivity (Wildman–Crippen MR) is 85.0 cm³/mol. The number of unbranched alkanes of at least 4 members (excludes halogenated alkanes) is 3. The van der Waals surface area contributed by atoms with Crippen LogP contribution in [0.15, 0.2) is 0 Å². The molecule has 2 atom stereocenters. The van der Waals surface area contributed by atoms with Crippen LogP contribution in [-0.2, 0) is 0 Å².